The number of benzene rings is 2. The van der Waals surface area contributed by atoms with Crippen LogP contribution in [0.15, 0.2) is 48.5 Å². The third kappa shape index (κ3) is 4.90. The van der Waals surface area contributed by atoms with Crippen molar-refractivity contribution in [3.8, 4) is 0 Å². The average Bonchev–Trinajstić information content (AvgIpc) is 3.39. The van der Waals surface area contributed by atoms with Crippen LogP contribution >= 0.6 is 11.6 Å². The molecule has 7 heteroatoms. The molecule has 2 aromatic carbocycles. The molecule has 0 spiro atoms. The zero-order valence-electron chi connectivity index (χ0n) is 17.6. The van der Waals surface area contributed by atoms with Crippen molar-refractivity contribution in [2.75, 3.05) is 13.7 Å². The summed E-state index contributed by atoms with van der Waals surface area (Å²) in [5.74, 6) is 0.227. The van der Waals surface area contributed by atoms with Crippen molar-refractivity contribution in [1.82, 2.24) is 14.9 Å². The Morgan fingerprint density at radius 1 is 1.16 bits per heavy atom. The van der Waals surface area contributed by atoms with Gasteiger partial charge in [-0.05, 0) is 42.7 Å². The van der Waals surface area contributed by atoms with Gasteiger partial charge < -0.3 is 14.6 Å². The van der Waals surface area contributed by atoms with Gasteiger partial charge in [-0.1, -0.05) is 48.7 Å². The van der Waals surface area contributed by atoms with Gasteiger partial charge in [-0.3, -0.25) is 9.59 Å². The quantitative estimate of drug-likeness (QED) is 0.549. The van der Waals surface area contributed by atoms with Gasteiger partial charge in [-0.15, -0.1) is 0 Å². The molecule has 1 amide bonds. The minimum Gasteiger partial charge on any atom is -0.455 e. The van der Waals surface area contributed by atoms with Crippen LogP contribution in [0.25, 0.3) is 11.0 Å². The summed E-state index contributed by atoms with van der Waals surface area (Å²) in [5, 5.41) is 0.624. The molecule has 1 saturated carbocycles. The predicted molar refractivity (Wildman–Crippen MR) is 120 cm³/mol. The van der Waals surface area contributed by atoms with E-state index in [4.69, 9.17) is 16.3 Å². The smallest absolute Gasteiger partial charge is 0.313 e. The maximum absolute atomic E-state index is 13.1. The first-order valence-electron chi connectivity index (χ1n) is 10.5. The lowest BCUT2D eigenvalue weighted by Crippen LogP contribution is -2.37. The molecule has 1 fully saturated rings. The van der Waals surface area contributed by atoms with Gasteiger partial charge >= 0.3 is 5.97 Å². The van der Waals surface area contributed by atoms with E-state index < -0.39 is 5.41 Å². The lowest BCUT2D eigenvalue weighted by Gasteiger charge is -2.26. The van der Waals surface area contributed by atoms with Crippen molar-refractivity contribution in [2.45, 2.75) is 38.6 Å². The molecule has 3 aromatic rings. The van der Waals surface area contributed by atoms with Crippen molar-refractivity contribution < 1.29 is 14.3 Å². The summed E-state index contributed by atoms with van der Waals surface area (Å²) >= 11 is 6.01. The molecule has 0 saturated heterocycles. The number of likely N-dealkylation sites (N-methyl/N-ethyl adjacent to an activating group) is 1. The number of halogens is 1. The van der Waals surface area contributed by atoms with Gasteiger partial charge in [0.25, 0.3) is 5.91 Å². The molecular formula is C24H26ClN3O3. The topological polar surface area (TPSA) is 75.3 Å². The van der Waals surface area contributed by atoms with Crippen LogP contribution in [0.3, 0.4) is 0 Å². The van der Waals surface area contributed by atoms with Crippen LogP contribution in [0.1, 0.15) is 37.1 Å². The normalized spacial score (nSPS) is 15.2. The van der Waals surface area contributed by atoms with Gasteiger partial charge in [0.2, 0.25) is 0 Å². The summed E-state index contributed by atoms with van der Waals surface area (Å²) in [6.07, 6.45) is 3.92. The number of esters is 1. The van der Waals surface area contributed by atoms with Gasteiger partial charge in [0, 0.05) is 25.0 Å². The first-order chi connectivity index (χ1) is 14.9. The number of aromatic nitrogens is 2. The number of rotatable bonds is 7. The largest absolute Gasteiger partial charge is 0.455 e. The van der Waals surface area contributed by atoms with E-state index in [1.54, 1.807) is 18.0 Å². The summed E-state index contributed by atoms with van der Waals surface area (Å²) in [7, 11) is 1.69. The number of nitrogens with zero attached hydrogens (tertiary/aromatic N) is 2. The molecule has 0 radical (unpaired) electrons. The molecule has 4 rings (SSSR count). The molecule has 162 valence electrons. The summed E-state index contributed by atoms with van der Waals surface area (Å²) in [4.78, 5) is 35.1. The van der Waals surface area contributed by atoms with Crippen LogP contribution in [0, 0.1) is 5.41 Å². The molecule has 1 aliphatic carbocycles. The SMILES string of the molecule is CN(Cc1cccc(Cl)c1)C(=O)COC(=O)C1(Cc2nc3ccccc3[nH]2)CCCC1. The van der Waals surface area contributed by atoms with Crippen LogP contribution in [0.4, 0.5) is 0 Å². The molecule has 0 atom stereocenters. The van der Waals surface area contributed by atoms with Crippen LogP contribution in [0.2, 0.25) is 5.02 Å². The Morgan fingerprint density at radius 2 is 1.94 bits per heavy atom. The lowest BCUT2D eigenvalue weighted by atomic mass is 9.82. The summed E-state index contributed by atoms with van der Waals surface area (Å²) in [6.45, 7) is 0.138. The number of imidazole rings is 1. The highest BCUT2D eigenvalue weighted by Gasteiger charge is 2.43. The number of para-hydroxylation sites is 2. The molecule has 1 aliphatic rings. The molecule has 1 N–H and O–H groups in total. The van der Waals surface area contributed by atoms with Gasteiger partial charge in [-0.2, -0.15) is 0 Å². The molecule has 6 nitrogen and oxygen atoms in total. The van der Waals surface area contributed by atoms with Crippen LogP contribution in [0.5, 0.6) is 0 Å². The van der Waals surface area contributed by atoms with Crippen LogP contribution < -0.4 is 0 Å². The monoisotopic (exact) mass is 439 g/mol. The van der Waals surface area contributed by atoms with E-state index in [1.807, 2.05) is 42.5 Å². The third-order valence-electron chi connectivity index (χ3n) is 6.00. The Morgan fingerprint density at radius 3 is 2.68 bits per heavy atom. The van der Waals surface area contributed by atoms with Crippen molar-refractivity contribution in [3.05, 3.63) is 64.9 Å². The second kappa shape index (κ2) is 9.10. The fourth-order valence-electron chi connectivity index (χ4n) is 4.30. The molecular weight excluding hydrogens is 414 g/mol. The van der Waals surface area contributed by atoms with E-state index in [-0.39, 0.29) is 18.5 Å². The Labute approximate surface area is 186 Å². The lowest BCUT2D eigenvalue weighted by molar-refractivity contribution is -0.161. The van der Waals surface area contributed by atoms with Crippen molar-refractivity contribution in [1.29, 1.82) is 0 Å². The van der Waals surface area contributed by atoms with Gasteiger partial charge in [-0.25, -0.2) is 4.98 Å². The number of hydrogen-bond acceptors (Lipinski definition) is 4. The van der Waals surface area contributed by atoms with Crippen molar-refractivity contribution in [2.24, 2.45) is 5.41 Å². The maximum Gasteiger partial charge on any atom is 0.313 e. The minimum absolute atomic E-state index is 0.245. The second-order valence-corrected chi connectivity index (χ2v) is 8.76. The van der Waals surface area contributed by atoms with E-state index in [9.17, 15) is 9.59 Å². The van der Waals surface area contributed by atoms with E-state index in [2.05, 4.69) is 9.97 Å². The second-order valence-electron chi connectivity index (χ2n) is 8.32. The summed E-state index contributed by atoms with van der Waals surface area (Å²) in [6, 6.07) is 15.2. The van der Waals surface area contributed by atoms with Crippen LogP contribution in [-0.2, 0) is 27.3 Å². The molecule has 0 unspecified atom stereocenters. The Kier molecular flexibility index (Phi) is 6.28. The summed E-state index contributed by atoms with van der Waals surface area (Å²) < 4.78 is 5.52. The number of carbonyl (C=O) groups is 2. The highest BCUT2D eigenvalue weighted by molar-refractivity contribution is 6.30. The van der Waals surface area contributed by atoms with Crippen LogP contribution in [-0.4, -0.2) is 40.4 Å². The van der Waals surface area contributed by atoms with E-state index in [0.29, 0.717) is 18.0 Å². The molecule has 1 heterocycles. The maximum atomic E-state index is 13.1. The highest BCUT2D eigenvalue weighted by atomic mass is 35.5. The van der Waals surface area contributed by atoms with Gasteiger partial charge in [0.1, 0.15) is 5.82 Å². The standard InChI is InChI=1S/C24H26ClN3O3/c1-28(15-17-7-6-8-18(25)13-17)22(29)16-31-23(30)24(11-4-5-12-24)14-21-26-19-9-2-3-10-20(19)27-21/h2-3,6-10,13H,4-5,11-12,14-16H2,1H3,(H,26,27). The Balaban J connectivity index is 1.38. The number of nitrogens with one attached hydrogen (secondary N) is 1. The number of hydrogen-bond donors (Lipinski definition) is 1. The number of carbonyl (C=O) groups excluding carboxylic acids is 2. The zero-order valence-corrected chi connectivity index (χ0v) is 18.3. The number of amides is 1. The number of aromatic amines is 1. The molecule has 1 aromatic heterocycles. The van der Waals surface area contributed by atoms with E-state index in [1.165, 1.54) is 0 Å². The van der Waals surface area contributed by atoms with Gasteiger partial charge in [0.15, 0.2) is 6.61 Å². The fourth-order valence-corrected chi connectivity index (χ4v) is 4.52. The van der Waals surface area contributed by atoms with E-state index >= 15 is 0 Å². The average molecular weight is 440 g/mol. The molecule has 0 aliphatic heterocycles. The third-order valence-corrected chi connectivity index (χ3v) is 6.23. The fraction of sp³-hybridized carbons (Fsp3) is 0.375. The highest BCUT2D eigenvalue weighted by Crippen LogP contribution is 2.42. The summed E-state index contributed by atoms with van der Waals surface area (Å²) in [5.41, 5.74) is 2.14. The number of fused-ring (bicyclic) bond motifs is 1. The predicted octanol–water partition coefficient (Wildman–Crippen LogP) is 4.52. The van der Waals surface area contributed by atoms with Crippen molar-refractivity contribution in [3.63, 3.8) is 0 Å². The Hall–Kier alpha value is -2.86. The first kappa shape index (κ1) is 21.4. The number of H-pyrrole nitrogens is 1. The molecule has 0 bridgehead atoms. The zero-order chi connectivity index (χ0) is 21.8. The van der Waals surface area contributed by atoms with Gasteiger partial charge in [0.05, 0.1) is 16.4 Å². The van der Waals surface area contributed by atoms with E-state index in [0.717, 1.165) is 48.1 Å². The first-order valence-corrected chi connectivity index (χ1v) is 10.9. The molecule has 31 heavy (non-hydrogen) atoms. The number of ether oxygens (including phenoxy) is 1. The Bertz CT molecular complexity index is 1060. The minimum atomic E-state index is -0.625. The van der Waals surface area contributed by atoms with Crippen molar-refractivity contribution >= 4 is 34.5 Å².